The zero-order valence-corrected chi connectivity index (χ0v) is 15.7. The first-order chi connectivity index (χ1) is 13.5. The summed E-state index contributed by atoms with van der Waals surface area (Å²) in [6.07, 6.45) is -0.179. The van der Waals surface area contributed by atoms with Crippen molar-refractivity contribution in [3.8, 4) is 11.4 Å². The predicted octanol–water partition coefficient (Wildman–Crippen LogP) is 1.62. The van der Waals surface area contributed by atoms with Gasteiger partial charge in [-0.2, -0.15) is 0 Å². The summed E-state index contributed by atoms with van der Waals surface area (Å²) >= 11 is 0. The lowest BCUT2D eigenvalue weighted by Gasteiger charge is -2.08. The predicted molar refractivity (Wildman–Crippen MR) is 104 cm³/mol. The van der Waals surface area contributed by atoms with Crippen LogP contribution in [0.2, 0.25) is 0 Å². The molecule has 3 aromatic rings. The second-order valence-electron chi connectivity index (χ2n) is 6.56. The van der Waals surface area contributed by atoms with Gasteiger partial charge in [-0.15, -0.1) is 5.10 Å². The van der Waals surface area contributed by atoms with E-state index in [1.807, 2.05) is 37.3 Å². The molecule has 2 aromatic carbocycles. The second kappa shape index (κ2) is 7.10. The lowest BCUT2D eigenvalue weighted by molar-refractivity contribution is 0.102. The van der Waals surface area contributed by atoms with Crippen LogP contribution < -0.4 is 15.5 Å². The highest BCUT2D eigenvalue weighted by molar-refractivity contribution is 6.61. The molecule has 0 saturated carbocycles. The van der Waals surface area contributed by atoms with Gasteiger partial charge in [0, 0.05) is 5.69 Å². The Labute approximate surface area is 162 Å². The van der Waals surface area contributed by atoms with E-state index in [9.17, 15) is 9.82 Å². The van der Waals surface area contributed by atoms with Gasteiger partial charge in [0.1, 0.15) is 5.75 Å². The highest BCUT2D eigenvalue weighted by Crippen LogP contribution is 2.25. The molecule has 1 unspecified atom stereocenters. The van der Waals surface area contributed by atoms with E-state index in [2.05, 4.69) is 15.6 Å². The number of benzene rings is 2. The van der Waals surface area contributed by atoms with Gasteiger partial charge in [0.25, 0.3) is 5.91 Å². The van der Waals surface area contributed by atoms with Crippen LogP contribution in [-0.2, 0) is 4.65 Å². The first kappa shape index (κ1) is 18.2. The number of aromatic nitrogens is 3. The molecule has 0 radical (unpaired) electrons. The first-order valence-electron chi connectivity index (χ1n) is 8.83. The third-order valence-corrected chi connectivity index (χ3v) is 4.81. The molecule has 4 rings (SSSR count). The van der Waals surface area contributed by atoms with Crippen molar-refractivity contribution in [2.75, 3.05) is 12.4 Å². The molecule has 1 amide bonds. The largest absolute Gasteiger partial charge is 0.497 e. The van der Waals surface area contributed by atoms with Crippen LogP contribution in [0.4, 0.5) is 5.69 Å². The molecule has 0 saturated heterocycles. The first-order valence-corrected chi connectivity index (χ1v) is 8.83. The summed E-state index contributed by atoms with van der Waals surface area (Å²) in [5.41, 5.74) is 3.73. The standard InChI is InChI=1S/C19H19BN4O4/c1-11-18(22-23-24(11)14-5-7-15(27-3)8-6-14)19(25)21-13-4-9-16-12(2)28-20(26)17(16)10-13/h4-10,12,26H,1-3H3,(H,21,25). The van der Waals surface area contributed by atoms with Gasteiger partial charge in [-0.25, -0.2) is 4.68 Å². The van der Waals surface area contributed by atoms with E-state index < -0.39 is 7.12 Å². The summed E-state index contributed by atoms with van der Waals surface area (Å²) in [5, 5.41) is 20.9. The van der Waals surface area contributed by atoms with Crippen molar-refractivity contribution >= 4 is 24.2 Å². The smallest absolute Gasteiger partial charge is 0.492 e. The average molecular weight is 378 g/mol. The zero-order valence-electron chi connectivity index (χ0n) is 15.7. The van der Waals surface area contributed by atoms with Crippen molar-refractivity contribution in [3.63, 3.8) is 0 Å². The van der Waals surface area contributed by atoms with Gasteiger partial charge >= 0.3 is 7.12 Å². The van der Waals surface area contributed by atoms with E-state index in [1.165, 1.54) is 0 Å². The molecule has 0 bridgehead atoms. The third kappa shape index (κ3) is 3.15. The van der Waals surface area contributed by atoms with E-state index in [0.29, 0.717) is 16.8 Å². The van der Waals surface area contributed by atoms with E-state index in [1.54, 1.807) is 30.8 Å². The molecule has 8 nitrogen and oxygen atoms in total. The number of rotatable bonds is 4. The molecule has 1 atom stereocenters. The minimum atomic E-state index is -0.987. The van der Waals surface area contributed by atoms with Gasteiger partial charge in [-0.1, -0.05) is 11.3 Å². The summed E-state index contributed by atoms with van der Waals surface area (Å²) in [7, 11) is 0.614. The number of nitrogens with one attached hydrogen (secondary N) is 1. The molecule has 1 aliphatic rings. The fraction of sp³-hybridized carbons (Fsp3) is 0.211. The van der Waals surface area contributed by atoms with Crippen molar-refractivity contribution in [1.82, 2.24) is 15.0 Å². The van der Waals surface area contributed by atoms with E-state index in [4.69, 9.17) is 9.39 Å². The van der Waals surface area contributed by atoms with Crippen molar-refractivity contribution in [2.24, 2.45) is 0 Å². The number of amides is 1. The summed E-state index contributed by atoms with van der Waals surface area (Å²) in [5.74, 6) is 0.357. The van der Waals surface area contributed by atoms with Crippen LogP contribution in [0.25, 0.3) is 5.69 Å². The summed E-state index contributed by atoms with van der Waals surface area (Å²) < 4.78 is 12.1. The van der Waals surface area contributed by atoms with Crippen LogP contribution in [0.3, 0.4) is 0 Å². The van der Waals surface area contributed by atoms with E-state index >= 15 is 0 Å². The van der Waals surface area contributed by atoms with Gasteiger partial charge in [-0.05, 0) is 61.3 Å². The Bertz CT molecular complexity index is 1030. The molecule has 1 aromatic heterocycles. The lowest BCUT2D eigenvalue weighted by Crippen LogP contribution is -2.28. The Morgan fingerprint density at radius 3 is 2.75 bits per heavy atom. The van der Waals surface area contributed by atoms with Crippen molar-refractivity contribution in [2.45, 2.75) is 20.0 Å². The fourth-order valence-electron chi connectivity index (χ4n) is 3.27. The van der Waals surface area contributed by atoms with E-state index in [-0.39, 0.29) is 17.7 Å². The van der Waals surface area contributed by atoms with Crippen LogP contribution in [-0.4, -0.2) is 40.2 Å². The monoisotopic (exact) mass is 378 g/mol. The molecule has 9 heteroatoms. The maximum atomic E-state index is 12.7. The topological polar surface area (TPSA) is 98.5 Å². The van der Waals surface area contributed by atoms with Crippen LogP contribution in [0, 0.1) is 6.92 Å². The quantitative estimate of drug-likeness (QED) is 0.670. The molecule has 0 fully saturated rings. The Hall–Kier alpha value is -3.17. The minimum absolute atomic E-state index is 0.179. The normalized spacial score (nSPS) is 15.4. The molecule has 1 aliphatic heterocycles. The number of carbonyl (C=O) groups is 1. The number of ether oxygens (including phenoxy) is 1. The average Bonchev–Trinajstić information content (AvgIpc) is 3.21. The van der Waals surface area contributed by atoms with E-state index in [0.717, 1.165) is 17.0 Å². The second-order valence-corrected chi connectivity index (χ2v) is 6.56. The van der Waals surface area contributed by atoms with Crippen LogP contribution >= 0.6 is 0 Å². The highest BCUT2D eigenvalue weighted by Gasteiger charge is 2.32. The lowest BCUT2D eigenvalue weighted by atomic mass is 9.79. The number of anilines is 1. The SMILES string of the molecule is COc1ccc(-n2nnc(C(=O)Nc3ccc4c(c3)B(O)OC4C)c2C)cc1. The summed E-state index contributed by atoms with van der Waals surface area (Å²) in [4.78, 5) is 12.7. The Kier molecular flexibility index (Phi) is 4.62. The van der Waals surface area contributed by atoms with Crippen LogP contribution in [0.15, 0.2) is 42.5 Å². The highest BCUT2D eigenvalue weighted by atomic mass is 16.5. The molecule has 0 spiro atoms. The molecular weight excluding hydrogens is 359 g/mol. The number of carbonyl (C=O) groups excluding carboxylic acids is 1. The molecule has 2 heterocycles. The number of hydrogen-bond donors (Lipinski definition) is 2. The van der Waals surface area contributed by atoms with Gasteiger partial charge in [0.05, 0.1) is 24.6 Å². The van der Waals surface area contributed by atoms with Gasteiger partial charge in [0.15, 0.2) is 5.69 Å². The van der Waals surface area contributed by atoms with Crippen molar-refractivity contribution < 1.29 is 19.2 Å². The van der Waals surface area contributed by atoms with Gasteiger partial charge in [0.2, 0.25) is 0 Å². The third-order valence-electron chi connectivity index (χ3n) is 4.81. The van der Waals surface area contributed by atoms with Gasteiger partial charge in [-0.3, -0.25) is 4.79 Å². The van der Waals surface area contributed by atoms with Crippen molar-refractivity contribution in [1.29, 1.82) is 0 Å². The number of methoxy groups -OCH3 is 1. The summed E-state index contributed by atoms with van der Waals surface area (Å²) in [6.45, 7) is 3.65. The maximum absolute atomic E-state index is 12.7. The number of fused-ring (bicyclic) bond motifs is 1. The Morgan fingerprint density at radius 1 is 1.29 bits per heavy atom. The molecular formula is C19H19BN4O4. The number of hydrogen-bond acceptors (Lipinski definition) is 6. The summed E-state index contributed by atoms with van der Waals surface area (Å²) in [6, 6.07) is 12.6. The molecule has 142 valence electrons. The Morgan fingerprint density at radius 2 is 2.04 bits per heavy atom. The minimum Gasteiger partial charge on any atom is -0.497 e. The number of nitrogens with zero attached hydrogens (tertiary/aromatic N) is 3. The van der Waals surface area contributed by atoms with Gasteiger partial charge < -0.3 is 19.7 Å². The molecule has 2 N–H and O–H groups in total. The maximum Gasteiger partial charge on any atom is 0.492 e. The molecule has 0 aliphatic carbocycles. The van der Waals surface area contributed by atoms with Crippen molar-refractivity contribution in [3.05, 3.63) is 59.4 Å². The molecule has 28 heavy (non-hydrogen) atoms. The fourth-order valence-corrected chi connectivity index (χ4v) is 3.27. The van der Waals surface area contributed by atoms with Crippen LogP contribution in [0.5, 0.6) is 5.75 Å². The Balaban J connectivity index is 1.56. The van der Waals surface area contributed by atoms with Crippen LogP contribution in [0.1, 0.15) is 34.8 Å². The zero-order chi connectivity index (χ0) is 19.8.